The van der Waals surface area contributed by atoms with Gasteiger partial charge in [-0.15, -0.1) is 10.2 Å². The Labute approximate surface area is 222 Å². The number of benzene rings is 1. The summed E-state index contributed by atoms with van der Waals surface area (Å²) in [5.74, 6) is 1.17. The third-order valence-electron chi connectivity index (χ3n) is 8.44. The molecule has 39 heavy (non-hydrogen) atoms. The van der Waals surface area contributed by atoms with Gasteiger partial charge in [0, 0.05) is 44.5 Å². The van der Waals surface area contributed by atoms with Crippen LogP contribution in [0.25, 0.3) is 11.2 Å². The van der Waals surface area contributed by atoms with E-state index in [0.717, 1.165) is 41.1 Å². The average molecular weight is 543 g/mol. The molecule has 4 aromatic rings. The summed E-state index contributed by atoms with van der Waals surface area (Å²) in [6, 6.07) is 8.00. The zero-order valence-electron chi connectivity index (χ0n) is 21.8. The lowest BCUT2D eigenvalue weighted by molar-refractivity contribution is -0.136. The third-order valence-corrected chi connectivity index (χ3v) is 8.44. The first-order valence-electron chi connectivity index (χ1n) is 13.3. The van der Waals surface area contributed by atoms with E-state index in [1.807, 2.05) is 34.7 Å². The summed E-state index contributed by atoms with van der Waals surface area (Å²) in [5, 5.41) is 8.38. The fourth-order valence-electron chi connectivity index (χ4n) is 6.00. The van der Waals surface area contributed by atoms with E-state index in [-0.39, 0.29) is 18.0 Å². The summed E-state index contributed by atoms with van der Waals surface area (Å²) in [6.45, 7) is 2.37. The minimum Gasteiger partial charge on any atom is -0.320 e. The van der Waals surface area contributed by atoms with E-state index in [9.17, 15) is 22.4 Å². The van der Waals surface area contributed by atoms with Crippen molar-refractivity contribution >= 4 is 5.52 Å². The average Bonchev–Trinajstić information content (AvgIpc) is 3.58. The van der Waals surface area contributed by atoms with E-state index in [0.29, 0.717) is 30.1 Å². The molecule has 4 heterocycles. The van der Waals surface area contributed by atoms with Crippen molar-refractivity contribution in [1.29, 1.82) is 0 Å². The largest absolute Gasteiger partial charge is 0.418 e. The molecule has 1 aliphatic carbocycles. The monoisotopic (exact) mass is 542 g/mol. The zero-order valence-corrected chi connectivity index (χ0v) is 21.8. The van der Waals surface area contributed by atoms with Crippen LogP contribution in [-0.2, 0) is 13.2 Å². The van der Waals surface area contributed by atoms with Crippen LogP contribution in [0.4, 0.5) is 17.6 Å². The molecule has 2 fully saturated rings. The molecule has 0 radical (unpaired) electrons. The summed E-state index contributed by atoms with van der Waals surface area (Å²) < 4.78 is 60.7. The van der Waals surface area contributed by atoms with E-state index in [1.165, 1.54) is 17.0 Å². The molecule has 0 unspecified atom stereocenters. The Kier molecular flexibility index (Phi) is 6.36. The van der Waals surface area contributed by atoms with Gasteiger partial charge in [0.25, 0.3) is 0 Å². The van der Waals surface area contributed by atoms with Gasteiger partial charge in [0.1, 0.15) is 18.3 Å². The Bertz CT molecular complexity index is 1570. The van der Waals surface area contributed by atoms with E-state index >= 15 is 0 Å². The Hall–Kier alpha value is -3.47. The van der Waals surface area contributed by atoms with Crippen molar-refractivity contribution in [2.75, 3.05) is 13.1 Å². The molecule has 1 saturated carbocycles. The number of nitrogens with zero attached hydrogens (tertiary/aromatic N) is 6. The van der Waals surface area contributed by atoms with Crippen LogP contribution in [0.1, 0.15) is 67.1 Å². The lowest BCUT2D eigenvalue weighted by atomic mass is 9.72. The highest BCUT2D eigenvalue weighted by Gasteiger charge is 2.36. The normalized spacial score (nSPS) is 20.4. The molecule has 3 aromatic heterocycles. The quantitative estimate of drug-likeness (QED) is 0.312. The van der Waals surface area contributed by atoms with Crippen LogP contribution >= 0.6 is 0 Å². The Balaban J connectivity index is 1.45. The van der Waals surface area contributed by atoms with Crippen LogP contribution in [0.15, 0.2) is 53.8 Å². The van der Waals surface area contributed by atoms with E-state index < -0.39 is 29.6 Å². The molecule has 6 rings (SSSR count). The van der Waals surface area contributed by atoms with Gasteiger partial charge in [-0.1, -0.05) is 18.6 Å². The molecule has 7 nitrogen and oxygen atoms in total. The van der Waals surface area contributed by atoms with Gasteiger partial charge >= 0.3 is 11.9 Å². The standard InChI is InChI=1S/C28H30F4N6O/c1-17(36-10-9-21(29)14-36)20-12-23(28(30,31)32)24-15-37(27(39)38(24)13-20)22-8-4-7-19(11-22)25(18-5-3-6-18)26-34-33-16-35(26)2/h4,7-8,11-13,15-18,21,25H,3,5-6,9-10,14H2,1-2H3/t17-,21+,25+/m0/s1. The van der Waals surface area contributed by atoms with Crippen molar-refractivity contribution in [3.05, 3.63) is 82.1 Å². The number of fused-ring (bicyclic) bond motifs is 1. The van der Waals surface area contributed by atoms with Crippen LogP contribution in [0.5, 0.6) is 0 Å². The maximum absolute atomic E-state index is 14.2. The molecule has 0 bridgehead atoms. The minimum absolute atomic E-state index is 0.0306. The van der Waals surface area contributed by atoms with Crippen LogP contribution in [0.3, 0.4) is 0 Å². The predicted octanol–water partition coefficient (Wildman–Crippen LogP) is 5.27. The molecule has 3 atom stereocenters. The zero-order chi connectivity index (χ0) is 27.5. The number of alkyl halides is 4. The van der Waals surface area contributed by atoms with E-state index in [1.54, 1.807) is 19.3 Å². The van der Waals surface area contributed by atoms with Gasteiger partial charge in [0.15, 0.2) is 0 Å². The van der Waals surface area contributed by atoms with Crippen molar-refractivity contribution in [3.63, 3.8) is 0 Å². The number of halogens is 4. The first kappa shape index (κ1) is 25.8. The van der Waals surface area contributed by atoms with Gasteiger partial charge in [-0.3, -0.25) is 13.9 Å². The highest BCUT2D eigenvalue weighted by atomic mass is 19.4. The van der Waals surface area contributed by atoms with Crippen LogP contribution in [-0.4, -0.2) is 47.9 Å². The fraction of sp³-hybridized carbons (Fsp3) is 0.464. The molecule has 11 heteroatoms. The lowest BCUT2D eigenvalue weighted by Crippen LogP contribution is -2.26. The van der Waals surface area contributed by atoms with Crippen molar-refractivity contribution in [1.82, 2.24) is 28.6 Å². The van der Waals surface area contributed by atoms with Gasteiger partial charge in [0.2, 0.25) is 0 Å². The number of aryl methyl sites for hydroxylation is 1. The highest BCUT2D eigenvalue weighted by molar-refractivity contribution is 5.58. The summed E-state index contributed by atoms with van der Waals surface area (Å²) in [7, 11) is 1.89. The number of hydrogen-bond acceptors (Lipinski definition) is 4. The molecular formula is C28H30F4N6O. The summed E-state index contributed by atoms with van der Waals surface area (Å²) in [6.07, 6.45) is 2.28. The van der Waals surface area contributed by atoms with Gasteiger partial charge in [-0.25, -0.2) is 9.18 Å². The Morgan fingerprint density at radius 2 is 1.87 bits per heavy atom. The highest BCUT2D eigenvalue weighted by Crippen LogP contribution is 2.43. The number of pyridine rings is 1. The second-order valence-corrected chi connectivity index (χ2v) is 10.8. The van der Waals surface area contributed by atoms with Gasteiger partial charge in [-0.2, -0.15) is 13.2 Å². The van der Waals surface area contributed by atoms with Crippen molar-refractivity contribution in [2.45, 2.75) is 56.9 Å². The molecule has 0 N–H and O–H groups in total. The topological polar surface area (TPSA) is 60.4 Å². The second-order valence-electron chi connectivity index (χ2n) is 10.8. The molecule has 206 valence electrons. The maximum Gasteiger partial charge on any atom is 0.418 e. The molecule has 0 spiro atoms. The molecular weight excluding hydrogens is 512 g/mol. The van der Waals surface area contributed by atoms with Crippen LogP contribution in [0, 0.1) is 5.92 Å². The second kappa shape index (κ2) is 9.62. The summed E-state index contributed by atoms with van der Waals surface area (Å²) >= 11 is 0. The van der Waals surface area contributed by atoms with Gasteiger partial charge in [0.05, 0.1) is 16.8 Å². The predicted molar refractivity (Wildman–Crippen MR) is 138 cm³/mol. The molecule has 1 aromatic carbocycles. The maximum atomic E-state index is 14.2. The molecule has 2 aliphatic rings. The Morgan fingerprint density at radius 1 is 1.08 bits per heavy atom. The molecule has 1 aliphatic heterocycles. The molecule has 1 saturated heterocycles. The minimum atomic E-state index is -4.67. The smallest absolute Gasteiger partial charge is 0.320 e. The number of imidazole rings is 1. The first-order chi connectivity index (χ1) is 18.6. The van der Waals surface area contributed by atoms with Gasteiger partial charge in [-0.05, 0) is 61.4 Å². The summed E-state index contributed by atoms with van der Waals surface area (Å²) in [5.41, 5.74) is 0.0461. The van der Waals surface area contributed by atoms with Gasteiger partial charge < -0.3 is 4.57 Å². The number of aromatic nitrogens is 5. The number of likely N-dealkylation sites (tertiary alicyclic amines) is 1. The van der Waals surface area contributed by atoms with E-state index in [4.69, 9.17) is 0 Å². The van der Waals surface area contributed by atoms with Crippen LogP contribution in [0.2, 0.25) is 0 Å². The lowest BCUT2D eigenvalue weighted by Gasteiger charge is -2.33. The third kappa shape index (κ3) is 4.56. The van der Waals surface area contributed by atoms with Crippen molar-refractivity contribution in [3.8, 4) is 5.69 Å². The number of hydrogen-bond donors (Lipinski definition) is 0. The van der Waals surface area contributed by atoms with E-state index in [2.05, 4.69) is 10.2 Å². The number of rotatable bonds is 6. The SMILES string of the molecule is C[C@@H](c1cc(C(F)(F)F)c2cn(-c3cccc([C@H](c4nncn4C)C4CCC4)c3)c(=O)n2c1)N1CC[C@@H](F)C1. The van der Waals surface area contributed by atoms with Crippen LogP contribution < -0.4 is 5.69 Å². The fourth-order valence-corrected chi connectivity index (χ4v) is 6.00. The van der Waals surface area contributed by atoms with Crippen molar-refractivity contribution in [2.24, 2.45) is 13.0 Å². The first-order valence-corrected chi connectivity index (χ1v) is 13.3. The molecule has 0 amide bonds. The summed E-state index contributed by atoms with van der Waals surface area (Å²) in [4.78, 5) is 15.4. The van der Waals surface area contributed by atoms with Crippen molar-refractivity contribution < 1.29 is 17.6 Å². The Morgan fingerprint density at radius 3 is 2.49 bits per heavy atom.